The van der Waals surface area contributed by atoms with Gasteiger partial charge in [0.15, 0.2) is 0 Å². The second-order valence-electron chi connectivity index (χ2n) is 5.22. The number of aromatic nitrogens is 1. The van der Waals surface area contributed by atoms with Crippen molar-refractivity contribution in [2.24, 2.45) is 5.73 Å². The molecule has 0 radical (unpaired) electrons. The number of rotatable bonds is 3. The van der Waals surface area contributed by atoms with Crippen LogP contribution in [0.3, 0.4) is 0 Å². The summed E-state index contributed by atoms with van der Waals surface area (Å²) in [5, 5.41) is 0. The lowest BCUT2D eigenvalue weighted by molar-refractivity contribution is -0.119. The second-order valence-corrected chi connectivity index (χ2v) is 5.22. The molecule has 1 atom stereocenters. The van der Waals surface area contributed by atoms with E-state index >= 15 is 0 Å². The van der Waals surface area contributed by atoms with Crippen LogP contribution in [-0.4, -0.2) is 30.6 Å². The first kappa shape index (κ1) is 15.2. The van der Waals surface area contributed by atoms with E-state index in [-0.39, 0.29) is 19.1 Å². The highest BCUT2D eigenvalue weighted by molar-refractivity contribution is 5.98. The van der Waals surface area contributed by atoms with Crippen LogP contribution < -0.4 is 20.1 Å². The maximum absolute atomic E-state index is 13.1. The zero-order valence-electron chi connectivity index (χ0n) is 12.5. The van der Waals surface area contributed by atoms with Gasteiger partial charge in [0.2, 0.25) is 11.9 Å². The molecule has 2 N–H and O–H groups in total. The predicted molar refractivity (Wildman–Crippen MR) is 81.8 cm³/mol. The lowest BCUT2D eigenvalue weighted by Gasteiger charge is -2.18. The summed E-state index contributed by atoms with van der Waals surface area (Å²) in [6, 6.07) is 7.43. The highest BCUT2D eigenvalue weighted by atomic mass is 19.1. The molecule has 2 aromatic rings. The molecule has 6 nitrogen and oxygen atoms in total. The number of halogens is 1. The number of benzene rings is 1. The predicted octanol–water partition coefficient (Wildman–Crippen LogP) is 1.48. The van der Waals surface area contributed by atoms with Crippen molar-refractivity contribution in [3.05, 3.63) is 48.0 Å². The van der Waals surface area contributed by atoms with E-state index < -0.39 is 12.0 Å². The molecule has 0 aliphatic carbocycles. The van der Waals surface area contributed by atoms with Crippen molar-refractivity contribution < 1.29 is 18.7 Å². The Kier molecular flexibility index (Phi) is 4.12. The van der Waals surface area contributed by atoms with Crippen LogP contribution in [0.2, 0.25) is 0 Å². The minimum Gasteiger partial charge on any atom is -0.489 e. The Hall–Kier alpha value is -2.67. The van der Waals surface area contributed by atoms with E-state index in [2.05, 4.69) is 4.98 Å². The highest BCUT2D eigenvalue weighted by Crippen LogP contribution is 2.34. The molecule has 1 aliphatic heterocycles. The van der Waals surface area contributed by atoms with Gasteiger partial charge in [0.05, 0.1) is 5.69 Å². The molecule has 120 valence electrons. The molecular formula is C16H16FN3O3. The highest BCUT2D eigenvalue weighted by Gasteiger charge is 2.26. The molecule has 7 heteroatoms. The zero-order valence-corrected chi connectivity index (χ0v) is 12.5. The molecule has 2 heterocycles. The van der Waals surface area contributed by atoms with Gasteiger partial charge in [-0.2, -0.15) is 4.39 Å². The van der Waals surface area contributed by atoms with Gasteiger partial charge in [-0.1, -0.05) is 0 Å². The Morgan fingerprint density at radius 2 is 2.26 bits per heavy atom. The standard InChI is InChI=1S/C16H16FN3O3/c1-20-13-7-11(22-8-10-4-5-19-15(17)6-10)2-3-14(13)23-9-12(18)16(20)21/h2-7,12H,8-9,18H2,1H3/t12-/m0/s1. The van der Waals surface area contributed by atoms with Crippen molar-refractivity contribution >= 4 is 11.6 Å². The molecule has 23 heavy (non-hydrogen) atoms. The number of pyridine rings is 1. The van der Waals surface area contributed by atoms with Gasteiger partial charge in [-0.25, -0.2) is 4.98 Å². The Labute approximate surface area is 132 Å². The Morgan fingerprint density at radius 3 is 3.04 bits per heavy atom. The molecule has 3 rings (SSSR count). The van der Waals surface area contributed by atoms with Crippen LogP contribution in [0.4, 0.5) is 10.1 Å². The van der Waals surface area contributed by atoms with E-state index in [1.807, 2.05) is 0 Å². The summed E-state index contributed by atoms with van der Waals surface area (Å²) < 4.78 is 24.2. The summed E-state index contributed by atoms with van der Waals surface area (Å²) in [6.45, 7) is 0.322. The Morgan fingerprint density at radius 1 is 1.43 bits per heavy atom. The van der Waals surface area contributed by atoms with Gasteiger partial charge in [0.1, 0.15) is 30.8 Å². The molecule has 0 bridgehead atoms. The molecule has 0 unspecified atom stereocenters. The van der Waals surface area contributed by atoms with E-state index in [4.69, 9.17) is 15.2 Å². The van der Waals surface area contributed by atoms with Gasteiger partial charge in [0, 0.05) is 19.3 Å². The third kappa shape index (κ3) is 3.24. The summed E-state index contributed by atoms with van der Waals surface area (Å²) in [5.41, 5.74) is 6.99. The third-order valence-corrected chi connectivity index (χ3v) is 3.55. The average Bonchev–Trinajstić information content (AvgIpc) is 2.66. The number of carbonyl (C=O) groups excluding carboxylic acids is 1. The minimum atomic E-state index is -0.698. The number of nitrogens with two attached hydrogens (primary N) is 1. The fourth-order valence-corrected chi connectivity index (χ4v) is 2.29. The second kappa shape index (κ2) is 6.21. The molecule has 0 fully saturated rings. The summed E-state index contributed by atoms with van der Waals surface area (Å²) in [7, 11) is 1.64. The number of fused-ring (bicyclic) bond motifs is 1. The summed E-state index contributed by atoms with van der Waals surface area (Å²) in [5.74, 6) is 0.327. The van der Waals surface area contributed by atoms with E-state index in [0.717, 1.165) is 0 Å². The third-order valence-electron chi connectivity index (χ3n) is 3.55. The molecular weight excluding hydrogens is 301 g/mol. The fourth-order valence-electron chi connectivity index (χ4n) is 2.29. The van der Waals surface area contributed by atoms with Crippen LogP contribution in [0.25, 0.3) is 0 Å². The number of ether oxygens (including phenoxy) is 2. The summed E-state index contributed by atoms with van der Waals surface area (Å²) >= 11 is 0. The quantitative estimate of drug-likeness (QED) is 0.868. The van der Waals surface area contributed by atoms with Crippen LogP contribution in [-0.2, 0) is 11.4 Å². The SMILES string of the molecule is CN1C(=O)[C@@H](N)COc2ccc(OCc3ccnc(F)c3)cc21. The minimum absolute atomic E-state index is 0.132. The molecule has 1 aromatic heterocycles. The van der Waals surface area contributed by atoms with Crippen molar-refractivity contribution in [2.75, 3.05) is 18.6 Å². The van der Waals surface area contributed by atoms with Crippen LogP contribution in [0, 0.1) is 5.95 Å². The van der Waals surface area contributed by atoms with Gasteiger partial charge in [-0.3, -0.25) is 4.79 Å². The van der Waals surface area contributed by atoms with Crippen molar-refractivity contribution in [1.29, 1.82) is 0 Å². The Balaban J connectivity index is 1.79. The van der Waals surface area contributed by atoms with E-state index in [0.29, 0.717) is 22.7 Å². The summed E-state index contributed by atoms with van der Waals surface area (Å²) in [6.07, 6.45) is 1.38. The molecule has 0 saturated heterocycles. The molecule has 1 amide bonds. The van der Waals surface area contributed by atoms with Crippen LogP contribution in [0.1, 0.15) is 5.56 Å². The zero-order chi connectivity index (χ0) is 16.4. The van der Waals surface area contributed by atoms with E-state index in [1.54, 1.807) is 31.3 Å². The number of nitrogens with zero attached hydrogens (tertiary/aromatic N) is 2. The molecule has 1 aliphatic rings. The van der Waals surface area contributed by atoms with Crippen molar-refractivity contribution in [3.8, 4) is 11.5 Å². The lowest BCUT2D eigenvalue weighted by atomic mass is 10.2. The molecule has 0 spiro atoms. The smallest absolute Gasteiger partial charge is 0.247 e. The normalized spacial score (nSPS) is 17.3. The van der Waals surface area contributed by atoms with E-state index in [1.165, 1.54) is 17.2 Å². The number of hydrogen-bond acceptors (Lipinski definition) is 5. The average molecular weight is 317 g/mol. The number of likely N-dealkylation sites (N-methyl/N-ethyl adjacent to an activating group) is 1. The number of amides is 1. The van der Waals surface area contributed by atoms with E-state index in [9.17, 15) is 9.18 Å². The number of anilines is 1. The fraction of sp³-hybridized carbons (Fsp3) is 0.250. The van der Waals surface area contributed by atoms with Gasteiger partial charge in [-0.05, 0) is 29.8 Å². The first-order valence-corrected chi connectivity index (χ1v) is 7.08. The maximum atomic E-state index is 13.1. The van der Waals surface area contributed by atoms with Gasteiger partial charge in [0.25, 0.3) is 0 Å². The molecule has 1 aromatic carbocycles. The maximum Gasteiger partial charge on any atom is 0.247 e. The van der Waals surface area contributed by atoms with Crippen molar-refractivity contribution in [3.63, 3.8) is 0 Å². The van der Waals surface area contributed by atoms with Crippen molar-refractivity contribution in [2.45, 2.75) is 12.6 Å². The van der Waals surface area contributed by atoms with Crippen molar-refractivity contribution in [1.82, 2.24) is 4.98 Å². The Bertz CT molecular complexity index is 738. The first-order valence-electron chi connectivity index (χ1n) is 7.08. The molecule has 0 saturated carbocycles. The summed E-state index contributed by atoms with van der Waals surface area (Å²) in [4.78, 5) is 17.0. The topological polar surface area (TPSA) is 77.7 Å². The van der Waals surface area contributed by atoms with Gasteiger partial charge < -0.3 is 20.1 Å². The number of hydrogen-bond donors (Lipinski definition) is 1. The monoisotopic (exact) mass is 317 g/mol. The van der Waals surface area contributed by atoms with Gasteiger partial charge >= 0.3 is 0 Å². The lowest BCUT2D eigenvalue weighted by Crippen LogP contribution is -2.43. The van der Waals surface area contributed by atoms with Crippen LogP contribution in [0.5, 0.6) is 11.5 Å². The van der Waals surface area contributed by atoms with Crippen LogP contribution >= 0.6 is 0 Å². The first-order chi connectivity index (χ1) is 11.0. The largest absolute Gasteiger partial charge is 0.489 e. The van der Waals surface area contributed by atoms with Crippen LogP contribution in [0.15, 0.2) is 36.5 Å². The number of carbonyl (C=O) groups is 1. The van der Waals surface area contributed by atoms with Gasteiger partial charge in [-0.15, -0.1) is 0 Å².